The van der Waals surface area contributed by atoms with Crippen molar-refractivity contribution in [1.29, 1.82) is 0 Å². The van der Waals surface area contributed by atoms with Crippen LogP contribution in [0.15, 0.2) is 0 Å². The van der Waals surface area contributed by atoms with Crippen molar-refractivity contribution >= 4 is 11.8 Å². The fraction of sp³-hybridized carbons (Fsp3) is 0.600. The number of aromatic nitrogens is 3. The molecule has 0 aromatic carbocycles. The number of carbonyl (C=O) groups is 2. The zero-order valence-electron chi connectivity index (χ0n) is 9.43. The molecule has 1 aromatic rings. The van der Waals surface area contributed by atoms with Crippen LogP contribution in [0.3, 0.4) is 0 Å². The summed E-state index contributed by atoms with van der Waals surface area (Å²) in [7, 11) is 0. The fourth-order valence-electron chi connectivity index (χ4n) is 1.81. The molecule has 2 heterocycles. The Morgan fingerprint density at radius 2 is 1.44 bits per heavy atom. The molecule has 2 rings (SSSR count). The maximum Gasteiger partial charge on any atom is 0.249 e. The lowest BCUT2D eigenvalue weighted by molar-refractivity contribution is -0.123. The van der Waals surface area contributed by atoms with E-state index in [0.717, 1.165) is 0 Å². The minimum absolute atomic E-state index is 0.172. The van der Waals surface area contributed by atoms with E-state index in [2.05, 4.69) is 10.2 Å². The van der Waals surface area contributed by atoms with E-state index >= 15 is 0 Å². The summed E-state index contributed by atoms with van der Waals surface area (Å²) < 4.78 is 1.57. The average Bonchev–Trinajstić information content (AvgIpc) is 2.82. The zero-order chi connectivity index (χ0) is 11.7. The summed E-state index contributed by atoms with van der Waals surface area (Å²) >= 11 is 0. The molecule has 0 unspecified atom stereocenters. The van der Waals surface area contributed by atoms with Crippen LogP contribution >= 0.6 is 0 Å². The maximum atomic E-state index is 11.6. The van der Waals surface area contributed by atoms with E-state index in [9.17, 15) is 9.59 Å². The van der Waals surface area contributed by atoms with Crippen LogP contribution in [0.25, 0.3) is 0 Å². The lowest BCUT2D eigenvalue weighted by atomic mass is 10.4. The molecular weight excluding hydrogens is 208 g/mol. The Bertz CT molecular complexity index is 401. The van der Waals surface area contributed by atoms with E-state index in [-0.39, 0.29) is 24.7 Å². The largest absolute Gasteiger partial charge is 0.272 e. The minimum atomic E-state index is -0.172. The van der Waals surface area contributed by atoms with Crippen molar-refractivity contribution in [3.8, 4) is 0 Å². The second-order valence-corrected chi connectivity index (χ2v) is 3.65. The highest BCUT2D eigenvalue weighted by Gasteiger charge is 2.33. The van der Waals surface area contributed by atoms with Crippen molar-refractivity contribution < 1.29 is 9.59 Å². The van der Waals surface area contributed by atoms with Gasteiger partial charge in [0.2, 0.25) is 11.8 Å². The topological polar surface area (TPSA) is 68.1 Å². The summed E-state index contributed by atoms with van der Waals surface area (Å²) in [5, 5.41) is 9.15. The van der Waals surface area contributed by atoms with Crippen LogP contribution in [0.1, 0.15) is 38.3 Å². The molecule has 1 aliphatic heterocycles. The Balaban J connectivity index is 2.48. The first-order chi connectivity index (χ1) is 7.69. The molecule has 0 N–H and O–H groups in total. The number of hydrogen-bond donors (Lipinski definition) is 0. The van der Waals surface area contributed by atoms with Crippen LogP contribution in [0, 0.1) is 0 Å². The third kappa shape index (κ3) is 1.50. The van der Waals surface area contributed by atoms with Gasteiger partial charge in [0, 0.05) is 25.7 Å². The van der Waals surface area contributed by atoms with Crippen molar-refractivity contribution in [2.45, 2.75) is 39.5 Å². The average molecular weight is 222 g/mol. The summed E-state index contributed by atoms with van der Waals surface area (Å²) in [4.78, 5) is 23.3. The first-order valence-corrected chi connectivity index (χ1v) is 5.48. The molecular formula is C10H14N4O2. The predicted octanol–water partition coefficient (Wildman–Crippen LogP) is 0.188. The van der Waals surface area contributed by atoms with E-state index in [4.69, 9.17) is 0 Å². The van der Waals surface area contributed by atoms with Gasteiger partial charge >= 0.3 is 0 Å². The number of imide groups is 1. The molecule has 86 valence electrons. The molecule has 1 fully saturated rings. The standard InChI is InChI=1S/C10H14N4O2/c1-3-7-11-12-8(4-2)13(7)14-9(15)5-6-10(14)16/h3-6H2,1-2H3. The van der Waals surface area contributed by atoms with E-state index in [1.807, 2.05) is 13.8 Å². The van der Waals surface area contributed by atoms with E-state index in [1.54, 1.807) is 4.68 Å². The summed E-state index contributed by atoms with van der Waals surface area (Å²) in [6, 6.07) is 0. The van der Waals surface area contributed by atoms with Crippen LogP contribution in [-0.2, 0) is 22.4 Å². The Kier molecular flexibility index (Phi) is 2.72. The van der Waals surface area contributed by atoms with Crippen molar-refractivity contribution in [2.75, 3.05) is 5.01 Å². The molecule has 0 spiro atoms. The maximum absolute atomic E-state index is 11.6. The Morgan fingerprint density at radius 3 is 1.81 bits per heavy atom. The van der Waals surface area contributed by atoms with Crippen molar-refractivity contribution in [3.63, 3.8) is 0 Å². The van der Waals surface area contributed by atoms with Crippen LogP contribution in [0.5, 0.6) is 0 Å². The van der Waals surface area contributed by atoms with Crippen LogP contribution in [-0.4, -0.2) is 26.7 Å². The van der Waals surface area contributed by atoms with Gasteiger partial charge in [-0.15, -0.1) is 10.2 Å². The van der Waals surface area contributed by atoms with Gasteiger partial charge in [-0.1, -0.05) is 13.8 Å². The first-order valence-electron chi connectivity index (χ1n) is 5.48. The number of rotatable bonds is 3. The first kappa shape index (κ1) is 10.8. The normalized spacial score (nSPS) is 16.2. The van der Waals surface area contributed by atoms with Crippen molar-refractivity contribution in [1.82, 2.24) is 14.9 Å². The number of amides is 2. The summed E-state index contributed by atoms with van der Waals surface area (Å²) in [5.41, 5.74) is 0. The molecule has 6 nitrogen and oxygen atoms in total. The molecule has 0 radical (unpaired) electrons. The molecule has 0 atom stereocenters. The Morgan fingerprint density at radius 1 is 1.00 bits per heavy atom. The molecule has 0 bridgehead atoms. The second-order valence-electron chi connectivity index (χ2n) is 3.65. The highest BCUT2D eigenvalue weighted by atomic mass is 16.2. The lowest BCUT2D eigenvalue weighted by Gasteiger charge is -2.18. The highest BCUT2D eigenvalue weighted by molar-refractivity contribution is 6.14. The van der Waals surface area contributed by atoms with Crippen molar-refractivity contribution in [3.05, 3.63) is 11.6 Å². The molecule has 1 aliphatic rings. The molecule has 1 aromatic heterocycles. The van der Waals surface area contributed by atoms with Crippen LogP contribution in [0.4, 0.5) is 0 Å². The zero-order valence-corrected chi connectivity index (χ0v) is 9.43. The SMILES string of the molecule is CCc1nnc(CC)n1N1C(=O)CCC1=O. The number of carbonyl (C=O) groups excluding carboxylic acids is 2. The number of hydrogen-bond acceptors (Lipinski definition) is 4. The van der Waals surface area contributed by atoms with E-state index in [1.165, 1.54) is 5.01 Å². The lowest BCUT2D eigenvalue weighted by Crippen LogP contribution is -2.41. The highest BCUT2D eigenvalue weighted by Crippen LogP contribution is 2.14. The van der Waals surface area contributed by atoms with Gasteiger partial charge in [-0.05, 0) is 0 Å². The Labute approximate surface area is 93.2 Å². The minimum Gasteiger partial charge on any atom is -0.272 e. The van der Waals surface area contributed by atoms with Gasteiger partial charge in [-0.2, -0.15) is 5.01 Å². The van der Waals surface area contributed by atoms with E-state index in [0.29, 0.717) is 24.5 Å². The van der Waals surface area contributed by atoms with Gasteiger partial charge in [0.1, 0.15) is 0 Å². The molecule has 0 saturated carbocycles. The second kappa shape index (κ2) is 4.03. The smallest absolute Gasteiger partial charge is 0.249 e. The summed E-state index contributed by atoms with van der Waals surface area (Å²) in [6.07, 6.45) is 1.85. The van der Waals surface area contributed by atoms with Gasteiger partial charge < -0.3 is 0 Å². The number of nitrogens with zero attached hydrogens (tertiary/aromatic N) is 4. The predicted molar refractivity (Wildman–Crippen MR) is 56.2 cm³/mol. The fourth-order valence-corrected chi connectivity index (χ4v) is 1.81. The van der Waals surface area contributed by atoms with Gasteiger partial charge in [-0.3, -0.25) is 9.59 Å². The molecule has 0 aliphatic carbocycles. The third-order valence-corrected chi connectivity index (χ3v) is 2.63. The van der Waals surface area contributed by atoms with Gasteiger partial charge in [-0.25, -0.2) is 4.68 Å². The molecule has 1 saturated heterocycles. The van der Waals surface area contributed by atoms with E-state index < -0.39 is 0 Å². The van der Waals surface area contributed by atoms with Gasteiger partial charge in [0.25, 0.3) is 0 Å². The summed E-state index contributed by atoms with van der Waals surface area (Å²) in [5.74, 6) is 0.962. The number of aryl methyl sites for hydroxylation is 2. The van der Waals surface area contributed by atoms with Crippen LogP contribution in [0.2, 0.25) is 0 Å². The van der Waals surface area contributed by atoms with Gasteiger partial charge in [0.05, 0.1) is 0 Å². The third-order valence-electron chi connectivity index (χ3n) is 2.63. The summed E-state index contributed by atoms with van der Waals surface area (Å²) in [6.45, 7) is 3.84. The molecule has 2 amide bonds. The van der Waals surface area contributed by atoms with Crippen LogP contribution < -0.4 is 5.01 Å². The molecule has 6 heteroatoms. The quantitative estimate of drug-likeness (QED) is 0.684. The monoisotopic (exact) mass is 222 g/mol. The van der Waals surface area contributed by atoms with Crippen molar-refractivity contribution in [2.24, 2.45) is 0 Å². The molecule has 16 heavy (non-hydrogen) atoms. The Hall–Kier alpha value is -1.72. The van der Waals surface area contributed by atoms with Gasteiger partial charge in [0.15, 0.2) is 11.6 Å².